The van der Waals surface area contributed by atoms with Crippen LogP contribution in [0.15, 0.2) is 56.7 Å². The molecule has 86 valence electrons. The van der Waals surface area contributed by atoms with Crippen LogP contribution in [0, 0.1) is 0 Å². The van der Waals surface area contributed by atoms with Crippen molar-refractivity contribution >= 4 is 29.9 Å². The van der Waals surface area contributed by atoms with Gasteiger partial charge in [-0.25, -0.2) is 0 Å². The van der Waals surface area contributed by atoms with E-state index in [2.05, 4.69) is 16.7 Å². The number of rotatable bonds is 3. The highest BCUT2D eigenvalue weighted by Gasteiger charge is 2.16. The summed E-state index contributed by atoms with van der Waals surface area (Å²) in [6.07, 6.45) is 2.03. The van der Waals surface area contributed by atoms with Gasteiger partial charge >= 0.3 is 0 Å². The van der Waals surface area contributed by atoms with Crippen molar-refractivity contribution in [2.24, 2.45) is 9.98 Å². The quantitative estimate of drug-likeness (QED) is 0.740. The van der Waals surface area contributed by atoms with E-state index < -0.39 is 0 Å². The topological polar surface area (TPSA) is 24.7 Å². The van der Waals surface area contributed by atoms with E-state index in [0.717, 1.165) is 28.4 Å². The van der Waals surface area contributed by atoms with Crippen molar-refractivity contribution in [2.75, 3.05) is 6.54 Å². The minimum absolute atomic E-state index is 0.781. The van der Waals surface area contributed by atoms with E-state index >= 15 is 0 Å². The first-order chi connectivity index (χ1) is 8.36. The molecule has 1 aromatic rings. The summed E-state index contributed by atoms with van der Waals surface area (Å²) in [7, 11) is 0. The summed E-state index contributed by atoms with van der Waals surface area (Å²) < 4.78 is 0. The molecule has 2 rings (SSSR count). The van der Waals surface area contributed by atoms with Crippen molar-refractivity contribution in [3.05, 3.63) is 52.3 Å². The van der Waals surface area contributed by atoms with E-state index in [1.807, 2.05) is 48.7 Å². The van der Waals surface area contributed by atoms with Crippen molar-refractivity contribution in [2.45, 2.75) is 6.92 Å². The Bertz CT molecular complexity index is 498. The van der Waals surface area contributed by atoms with Gasteiger partial charge in [-0.3, -0.25) is 9.98 Å². The molecule has 0 spiro atoms. The number of benzene rings is 1. The van der Waals surface area contributed by atoms with Gasteiger partial charge in [0.2, 0.25) is 0 Å². The Morgan fingerprint density at radius 2 is 2.06 bits per heavy atom. The molecule has 3 heteroatoms. The predicted molar refractivity (Wildman–Crippen MR) is 77.6 cm³/mol. The first kappa shape index (κ1) is 11.9. The summed E-state index contributed by atoms with van der Waals surface area (Å²) >= 11 is 1.65. The van der Waals surface area contributed by atoms with E-state index in [-0.39, 0.29) is 0 Å². The minimum Gasteiger partial charge on any atom is -0.284 e. The van der Waals surface area contributed by atoms with Crippen LogP contribution in [0.2, 0.25) is 0 Å². The fourth-order valence-corrected chi connectivity index (χ4v) is 2.55. The van der Waals surface area contributed by atoms with Crippen molar-refractivity contribution in [1.82, 2.24) is 0 Å². The van der Waals surface area contributed by atoms with E-state index in [1.165, 1.54) is 0 Å². The molecule has 1 aromatic carbocycles. The monoisotopic (exact) mass is 242 g/mol. The van der Waals surface area contributed by atoms with E-state index in [9.17, 15) is 0 Å². The number of hydrogen-bond acceptors (Lipinski definition) is 3. The molecular formula is C14H14N2S. The van der Waals surface area contributed by atoms with Crippen molar-refractivity contribution in [3.8, 4) is 0 Å². The molecule has 2 nitrogen and oxygen atoms in total. The van der Waals surface area contributed by atoms with Gasteiger partial charge in [0.25, 0.3) is 0 Å². The fourth-order valence-electron chi connectivity index (χ4n) is 1.66. The number of aliphatic imine (C=N–C) groups is 2. The Kier molecular flexibility index (Phi) is 3.94. The van der Waals surface area contributed by atoms with Crippen LogP contribution in [0.25, 0.3) is 5.70 Å². The van der Waals surface area contributed by atoms with E-state index in [4.69, 9.17) is 0 Å². The van der Waals surface area contributed by atoms with Crippen LogP contribution in [0.1, 0.15) is 12.5 Å². The van der Waals surface area contributed by atoms with Crippen LogP contribution in [0.5, 0.6) is 0 Å². The molecule has 0 radical (unpaired) electrons. The number of nitrogens with zero attached hydrogens (tertiary/aromatic N) is 2. The van der Waals surface area contributed by atoms with Gasteiger partial charge in [-0.05, 0) is 25.1 Å². The molecule has 0 N–H and O–H groups in total. The maximum absolute atomic E-state index is 4.46. The number of allylic oxidation sites excluding steroid dienone is 2. The normalized spacial score (nSPS) is 19.7. The van der Waals surface area contributed by atoms with Gasteiger partial charge in [0, 0.05) is 12.1 Å². The maximum atomic E-state index is 4.46. The van der Waals surface area contributed by atoms with Crippen LogP contribution >= 0.6 is 11.8 Å². The van der Waals surface area contributed by atoms with Gasteiger partial charge in [0.05, 0.1) is 16.3 Å². The third kappa shape index (κ3) is 2.56. The highest BCUT2D eigenvalue weighted by atomic mass is 32.2. The zero-order valence-electron chi connectivity index (χ0n) is 9.76. The van der Waals surface area contributed by atoms with E-state index in [1.54, 1.807) is 11.8 Å². The van der Waals surface area contributed by atoms with Crippen LogP contribution in [-0.4, -0.2) is 19.0 Å². The largest absolute Gasteiger partial charge is 0.284 e. The van der Waals surface area contributed by atoms with Crippen molar-refractivity contribution in [1.29, 1.82) is 0 Å². The molecule has 0 saturated heterocycles. The lowest BCUT2D eigenvalue weighted by atomic mass is 10.1. The van der Waals surface area contributed by atoms with Crippen LogP contribution in [-0.2, 0) is 0 Å². The highest BCUT2D eigenvalue weighted by Crippen LogP contribution is 2.34. The Hall–Kier alpha value is -1.61. The SMILES string of the molecule is C=N/C(=C1/SC=CC1=NCC)c1ccccc1. The van der Waals surface area contributed by atoms with Gasteiger partial charge < -0.3 is 0 Å². The molecule has 17 heavy (non-hydrogen) atoms. The van der Waals surface area contributed by atoms with Gasteiger partial charge in [0.1, 0.15) is 0 Å². The third-order valence-corrected chi connectivity index (χ3v) is 3.30. The highest BCUT2D eigenvalue weighted by molar-refractivity contribution is 8.07. The molecule has 0 aromatic heterocycles. The average molecular weight is 242 g/mol. The minimum atomic E-state index is 0.781. The van der Waals surface area contributed by atoms with Crippen molar-refractivity contribution < 1.29 is 0 Å². The van der Waals surface area contributed by atoms with Crippen LogP contribution in [0.4, 0.5) is 0 Å². The molecule has 1 aliphatic rings. The van der Waals surface area contributed by atoms with Gasteiger partial charge in [0.15, 0.2) is 0 Å². The van der Waals surface area contributed by atoms with Gasteiger partial charge in [-0.1, -0.05) is 42.1 Å². The second kappa shape index (κ2) is 5.64. The predicted octanol–water partition coefficient (Wildman–Crippen LogP) is 3.78. The molecule has 0 aliphatic carbocycles. The summed E-state index contributed by atoms with van der Waals surface area (Å²) in [5.74, 6) is 0. The fraction of sp³-hybridized carbons (Fsp3) is 0.143. The zero-order chi connectivity index (χ0) is 12.1. The lowest BCUT2D eigenvalue weighted by Gasteiger charge is -2.06. The van der Waals surface area contributed by atoms with Gasteiger partial charge in [-0.2, -0.15) is 0 Å². The summed E-state index contributed by atoms with van der Waals surface area (Å²) in [5.41, 5.74) is 2.99. The molecule has 1 aliphatic heterocycles. The molecule has 0 atom stereocenters. The van der Waals surface area contributed by atoms with E-state index in [0.29, 0.717) is 0 Å². The molecule has 0 fully saturated rings. The van der Waals surface area contributed by atoms with Gasteiger partial charge in [-0.15, -0.1) is 0 Å². The Labute approximate surface area is 106 Å². The summed E-state index contributed by atoms with van der Waals surface area (Å²) in [5, 5.41) is 2.04. The average Bonchev–Trinajstić information content (AvgIpc) is 2.81. The Morgan fingerprint density at radius 3 is 2.71 bits per heavy atom. The molecule has 1 heterocycles. The van der Waals surface area contributed by atoms with Crippen LogP contribution < -0.4 is 0 Å². The maximum Gasteiger partial charge on any atom is 0.0855 e. The lowest BCUT2D eigenvalue weighted by Crippen LogP contribution is -1.96. The Balaban J connectivity index is 2.48. The second-order valence-corrected chi connectivity index (χ2v) is 4.40. The number of hydrogen-bond donors (Lipinski definition) is 0. The smallest absolute Gasteiger partial charge is 0.0855 e. The molecule has 0 saturated carbocycles. The standard InChI is InChI=1S/C14H14N2S/c1-3-16-12-9-10-17-14(12)13(15-2)11-7-5-4-6-8-11/h4-10H,2-3H2,1H3/b14-13+,16-12?. The molecule has 0 amide bonds. The zero-order valence-corrected chi connectivity index (χ0v) is 10.6. The second-order valence-electron chi connectivity index (χ2n) is 3.48. The number of thioether (sulfide) groups is 1. The van der Waals surface area contributed by atoms with Crippen molar-refractivity contribution in [3.63, 3.8) is 0 Å². The summed E-state index contributed by atoms with van der Waals surface area (Å²) in [6, 6.07) is 10.1. The first-order valence-electron chi connectivity index (χ1n) is 5.51. The summed E-state index contributed by atoms with van der Waals surface area (Å²) in [6.45, 7) is 6.49. The third-order valence-electron chi connectivity index (χ3n) is 2.39. The molecular weight excluding hydrogens is 228 g/mol. The first-order valence-corrected chi connectivity index (χ1v) is 6.39. The summed E-state index contributed by atoms with van der Waals surface area (Å²) in [4.78, 5) is 9.71. The van der Waals surface area contributed by atoms with Crippen LogP contribution in [0.3, 0.4) is 0 Å². The lowest BCUT2D eigenvalue weighted by molar-refractivity contribution is 1.13. The molecule has 0 unspecified atom stereocenters. The molecule has 0 bridgehead atoms. The Morgan fingerprint density at radius 1 is 1.29 bits per heavy atom.